The molecule has 16 heavy (non-hydrogen) atoms. The normalized spacial score (nSPS) is 19.1. The third-order valence-corrected chi connectivity index (χ3v) is 2.59. The van der Waals surface area contributed by atoms with Gasteiger partial charge in [0.2, 0.25) is 11.9 Å². The largest absolute Gasteiger partial charge is 0.467 e. The number of esters is 1. The first-order valence-electron chi connectivity index (χ1n) is 4.96. The van der Waals surface area contributed by atoms with Gasteiger partial charge in [-0.3, -0.25) is 4.79 Å². The van der Waals surface area contributed by atoms with Crippen molar-refractivity contribution in [2.75, 3.05) is 7.11 Å². The molecule has 0 spiro atoms. The topological polar surface area (TPSA) is 52.6 Å². The molecule has 2 rings (SSSR count). The number of fused-ring (bicyclic) bond motifs is 1. The number of methoxy groups -OCH3 is 1. The molecule has 1 atom stereocenters. The van der Waals surface area contributed by atoms with Gasteiger partial charge in [-0.15, -0.1) is 0 Å². The first kappa shape index (κ1) is 10.8. The van der Waals surface area contributed by atoms with Crippen molar-refractivity contribution in [2.45, 2.75) is 19.6 Å². The molecule has 0 saturated heterocycles. The van der Waals surface area contributed by atoms with E-state index in [4.69, 9.17) is 4.74 Å². The van der Waals surface area contributed by atoms with Gasteiger partial charge in [0.05, 0.1) is 13.7 Å². The van der Waals surface area contributed by atoms with Crippen LogP contribution in [0.2, 0.25) is 0 Å². The van der Waals surface area contributed by atoms with E-state index >= 15 is 0 Å². The predicted molar refractivity (Wildman–Crippen MR) is 56.1 cm³/mol. The highest BCUT2D eigenvalue weighted by Crippen LogP contribution is 2.22. The first-order chi connectivity index (χ1) is 7.63. The van der Waals surface area contributed by atoms with Gasteiger partial charge >= 0.3 is 5.97 Å². The highest BCUT2D eigenvalue weighted by atomic mass is 16.6. The summed E-state index contributed by atoms with van der Waals surface area (Å²) in [6.07, 6.45) is -1.11. The van der Waals surface area contributed by atoms with E-state index in [0.29, 0.717) is 5.56 Å². The smallest absolute Gasteiger partial charge is 0.343 e. The molecule has 0 bridgehead atoms. The van der Waals surface area contributed by atoms with Crippen LogP contribution in [0.25, 0.3) is 0 Å². The van der Waals surface area contributed by atoms with Gasteiger partial charge in [-0.1, -0.05) is 23.8 Å². The van der Waals surface area contributed by atoms with Crippen LogP contribution in [-0.2, 0) is 20.9 Å². The lowest BCUT2D eigenvalue weighted by atomic mass is 9.96. The highest BCUT2D eigenvalue weighted by Gasteiger charge is 2.34. The van der Waals surface area contributed by atoms with Gasteiger partial charge in [-0.2, -0.15) is 0 Å². The van der Waals surface area contributed by atoms with Crippen LogP contribution in [0.4, 0.5) is 0 Å². The molecule has 4 nitrogen and oxygen atoms in total. The second-order valence-electron chi connectivity index (χ2n) is 3.74. The second kappa shape index (κ2) is 4.06. The lowest BCUT2D eigenvalue weighted by molar-refractivity contribution is -0.151. The number of ketones is 1. The number of aryl methyl sites for hydroxylation is 1. The van der Waals surface area contributed by atoms with E-state index in [2.05, 4.69) is 4.74 Å². The van der Waals surface area contributed by atoms with Crippen molar-refractivity contribution in [3.05, 3.63) is 34.9 Å². The van der Waals surface area contributed by atoms with Crippen LogP contribution < -0.4 is 0 Å². The Balaban J connectivity index is 2.36. The number of carbonyl (C=O) groups excluding carboxylic acids is 2. The fraction of sp³-hybridized carbons (Fsp3) is 0.333. The number of benzene rings is 1. The van der Waals surface area contributed by atoms with Gasteiger partial charge in [0, 0.05) is 5.56 Å². The maximum atomic E-state index is 11.9. The van der Waals surface area contributed by atoms with Crippen LogP contribution in [0.5, 0.6) is 0 Å². The van der Waals surface area contributed by atoms with E-state index in [1.165, 1.54) is 7.11 Å². The molecule has 0 aliphatic carbocycles. The fourth-order valence-corrected chi connectivity index (χ4v) is 1.75. The van der Waals surface area contributed by atoms with E-state index in [0.717, 1.165) is 11.1 Å². The van der Waals surface area contributed by atoms with Gasteiger partial charge in [-0.05, 0) is 12.5 Å². The summed E-state index contributed by atoms with van der Waals surface area (Å²) >= 11 is 0. The lowest BCUT2D eigenvalue weighted by Gasteiger charge is -2.22. The lowest BCUT2D eigenvalue weighted by Crippen LogP contribution is -2.37. The average Bonchev–Trinajstić information content (AvgIpc) is 2.28. The molecule has 1 aliphatic rings. The van der Waals surface area contributed by atoms with Crippen molar-refractivity contribution in [3.63, 3.8) is 0 Å². The summed E-state index contributed by atoms with van der Waals surface area (Å²) in [4.78, 5) is 23.2. The van der Waals surface area contributed by atoms with E-state index < -0.39 is 12.1 Å². The Morgan fingerprint density at radius 1 is 1.50 bits per heavy atom. The van der Waals surface area contributed by atoms with Crippen LogP contribution in [0.3, 0.4) is 0 Å². The fourth-order valence-electron chi connectivity index (χ4n) is 1.75. The monoisotopic (exact) mass is 220 g/mol. The summed E-state index contributed by atoms with van der Waals surface area (Å²) in [7, 11) is 1.24. The third-order valence-electron chi connectivity index (χ3n) is 2.59. The van der Waals surface area contributed by atoms with Crippen molar-refractivity contribution in [1.82, 2.24) is 0 Å². The quantitative estimate of drug-likeness (QED) is 0.528. The highest BCUT2D eigenvalue weighted by molar-refractivity contribution is 6.12. The van der Waals surface area contributed by atoms with Crippen molar-refractivity contribution in [1.29, 1.82) is 0 Å². The Morgan fingerprint density at radius 3 is 2.94 bits per heavy atom. The van der Waals surface area contributed by atoms with Crippen LogP contribution in [0, 0.1) is 6.92 Å². The maximum absolute atomic E-state index is 11.9. The molecule has 0 aromatic heterocycles. The Bertz CT molecular complexity index is 450. The van der Waals surface area contributed by atoms with Gasteiger partial charge in [0.1, 0.15) is 0 Å². The molecule has 4 heteroatoms. The minimum Gasteiger partial charge on any atom is -0.467 e. The Hall–Kier alpha value is -1.68. The van der Waals surface area contributed by atoms with Gasteiger partial charge in [0.15, 0.2) is 0 Å². The maximum Gasteiger partial charge on any atom is 0.343 e. The van der Waals surface area contributed by atoms with Gasteiger partial charge in [-0.25, -0.2) is 4.79 Å². The van der Waals surface area contributed by atoms with E-state index in [9.17, 15) is 9.59 Å². The molecule has 1 aliphatic heterocycles. The minimum atomic E-state index is -1.11. The van der Waals surface area contributed by atoms with Crippen molar-refractivity contribution < 1.29 is 19.1 Å². The molecule has 0 amide bonds. The number of carbonyl (C=O) groups is 2. The summed E-state index contributed by atoms with van der Waals surface area (Å²) in [5.41, 5.74) is 2.43. The molecule has 0 N–H and O–H groups in total. The molecule has 0 radical (unpaired) electrons. The summed E-state index contributed by atoms with van der Waals surface area (Å²) in [6, 6.07) is 5.46. The Kier molecular flexibility index (Phi) is 2.75. The molecular weight excluding hydrogens is 208 g/mol. The van der Waals surface area contributed by atoms with Crippen LogP contribution >= 0.6 is 0 Å². The zero-order chi connectivity index (χ0) is 11.7. The number of hydrogen-bond acceptors (Lipinski definition) is 4. The number of ether oxygens (including phenoxy) is 2. The third kappa shape index (κ3) is 1.72. The number of rotatable bonds is 1. The van der Waals surface area contributed by atoms with Crippen LogP contribution in [0.15, 0.2) is 18.2 Å². The number of hydrogen-bond donors (Lipinski definition) is 0. The van der Waals surface area contributed by atoms with Crippen molar-refractivity contribution >= 4 is 11.8 Å². The second-order valence-corrected chi connectivity index (χ2v) is 3.74. The summed E-state index contributed by atoms with van der Waals surface area (Å²) < 4.78 is 9.71. The molecule has 1 aromatic carbocycles. The van der Waals surface area contributed by atoms with E-state index in [1.54, 1.807) is 6.07 Å². The summed E-state index contributed by atoms with van der Waals surface area (Å²) in [5, 5.41) is 0. The molecule has 0 saturated carbocycles. The van der Waals surface area contributed by atoms with Crippen LogP contribution in [-0.4, -0.2) is 25.0 Å². The zero-order valence-electron chi connectivity index (χ0n) is 9.15. The molecule has 1 heterocycles. The average molecular weight is 220 g/mol. The first-order valence-corrected chi connectivity index (χ1v) is 4.96. The minimum absolute atomic E-state index is 0.266. The van der Waals surface area contributed by atoms with E-state index in [-0.39, 0.29) is 12.4 Å². The Labute approximate surface area is 93.2 Å². The van der Waals surface area contributed by atoms with Crippen LogP contribution in [0.1, 0.15) is 21.5 Å². The zero-order valence-corrected chi connectivity index (χ0v) is 9.15. The molecule has 0 fully saturated rings. The van der Waals surface area contributed by atoms with Crippen molar-refractivity contribution in [3.8, 4) is 0 Å². The molecular formula is C12H12O4. The standard InChI is InChI=1S/C12H12O4/c1-7-3-4-9-8(5-7)6-16-11(10(9)13)12(14)15-2/h3-5,11H,6H2,1-2H3. The number of Topliss-reactive ketones (excluding diaryl/α,β-unsaturated/α-hetero) is 1. The molecule has 84 valence electrons. The van der Waals surface area contributed by atoms with Gasteiger partial charge < -0.3 is 9.47 Å². The molecule has 1 unspecified atom stereocenters. The Morgan fingerprint density at radius 2 is 2.25 bits per heavy atom. The van der Waals surface area contributed by atoms with Gasteiger partial charge in [0.25, 0.3) is 0 Å². The van der Waals surface area contributed by atoms with E-state index in [1.807, 2.05) is 19.1 Å². The summed E-state index contributed by atoms with van der Waals surface area (Å²) in [5.74, 6) is -0.968. The predicted octanol–water partition coefficient (Wildman–Crippen LogP) is 1.25. The SMILES string of the molecule is COC(=O)C1OCc2cc(C)ccc2C1=O. The molecule has 1 aromatic rings. The van der Waals surface area contributed by atoms with Crippen molar-refractivity contribution in [2.24, 2.45) is 0 Å². The summed E-state index contributed by atoms with van der Waals surface area (Å²) in [6.45, 7) is 2.21.